The van der Waals surface area contributed by atoms with E-state index in [4.69, 9.17) is 16.3 Å². The van der Waals surface area contributed by atoms with Crippen molar-refractivity contribution in [3.63, 3.8) is 0 Å². The second-order valence-corrected chi connectivity index (χ2v) is 10.5. The predicted octanol–water partition coefficient (Wildman–Crippen LogP) is 5.66. The molecule has 188 valence electrons. The van der Waals surface area contributed by atoms with Gasteiger partial charge in [-0.25, -0.2) is 9.97 Å². The maximum Gasteiger partial charge on any atom is 0.143 e. The van der Waals surface area contributed by atoms with E-state index in [9.17, 15) is 0 Å². The molecule has 0 unspecified atom stereocenters. The number of nitrogens with one attached hydrogen (secondary N) is 2. The second-order valence-electron chi connectivity index (χ2n) is 9.06. The molecule has 3 aromatic heterocycles. The number of pyridine rings is 1. The van der Waals surface area contributed by atoms with Crippen LogP contribution in [0.3, 0.4) is 0 Å². The van der Waals surface area contributed by atoms with Gasteiger partial charge in [0.2, 0.25) is 0 Å². The first-order chi connectivity index (χ1) is 18.2. The first kappa shape index (κ1) is 24.1. The van der Waals surface area contributed by atoms with Gasteiger partial charge in [-0.3, -0.25) is 4.98 Å². The standard InChI is InChI=1S/C28H27ClN6OS/c29-23-16-20(5-7-24(23)36-17-21-3-1-2-9-31-21)34-27-26-22-6-4-19(8-12-35-13-10-30-11-14-35)15-25(22)37-28(26)33-18-32-27/h1-7,9,15-16,18,30H,8,10-14,17H2,(H,32,33,34). The highest BCUT2D eigenvalue weighted by atomic mass is 35.5. The lowest BCUT2D eigenvalue weighted by Gasteiger charge is -2.27. The first-order valence-electron chi connectivity index (χ1n) is 12.4. The minimum Gasteiger partial charge on any atom is -0.486 e. The zero-order chi connectivity index (χ0) is 25.0. The normalized spacial score (nSPS) is 14.3. The number of nitrogens with zero attached hydrogens (tertiary/aromatic N) is 4. The Kier molecular flexibility index (Phi) is 7.14. The summed E-state index contributed by atoms with van der Waals surface area (Å²) in [6, 6.07) is 18.1. The molecule has 37 heavy (non-hydrogen) atoms. The molecule has 5 aromatic rings. The van der Waals surface area contributed by atoms with Gasteiger partial charge in [0.1, 0.15) is 29.3 Å². The van der Waals surface area contributed by atoms with Crippen molar-refractivity contribution in [2.45, 2.75) is 13.0 Å². The fourth-order valence-electron chi connectivity index (χ4n) is 4.59. The molecule has 0 aliphatic carbocycles. The molecule has 0 saturated carbocycles. The van der Waals surface area contributed by atoms with Crippen molar-refractivity contribution in [2.75, 3.05) is 38.0 Å². The van der Waals surface area contributed by atoms with E-state index in [0.29, 0.717) is 17.4 Å². The number of thiophene rings is 1. The number of anilines is 2. The maximum atomic E-state index is 6.53. The quantitative estimate of drug-likeness (QED) is 0.268. The zero-order valence-corrected chi connectivity index (χ0v) is 21.9. The maximum absolute atomic E-state index is 6.53. The van der Waals surface area contributed by atoms with Gasteiger partial charge in [-0.05, 0) is 48.4 Å². The lowest BCUT2D eigenvalue weighted by Crippen LogP contribution is -2.44. The van der Waals surface area contributed by atoms with E-state index in [2.05, 4.69) is 48.7 Å². The van der Waals surface area contributed by atoms with Crippen molar-refractivity contribution in [3.8, 4) is 5.75 Å². The Balaban J connectivity index is 1.20. The number of rotatable bonds is 8. The van der Waals surface area contributed by atoms with Crippen molar-refractivity contribution in [1.29, 1.82) is 0 Å². The van der Waals surface area contributed by atoms with E-state index in [1.54, 1.807) is 23.9 Å². The molecule has 0 spiro atoms. The fraction of sp³-hybridized carbons (Fsp3) is 0.250. The minimum absolute atomic E-state index is 0.359. The molecule has 1 aliphatic rings. The van der Waals surface area contributed by atoms with Crippen molar-refractivity contribution in [1.82, 2.24) is 25.2 Å². The third-order valence-electron chi connectivity index (χ3n) is 6.56. The Bertz CT molecular complexity index is 1520. The molecule has 9 heteroatoms. The van der Waals surface area contributed by atoms with Crippen LogP contribution in [-0.4, -0.2) is 52.6 Å². The summed E-state index contributed by atoms with van der Waals surface area (Å²) in [5.74, 6) is 1.38. The third kappa shape index (κ3) is 5.52. The van der Waals surface area contributed by atoms with Gasteiger partial charge in [0.25, 0.3) is 0 Å². The van der Waals surface area contributed by atoms with Gasteiger partial charge in [0.15, 0.2) is 0 Å². The minimum atomic E-state index is 0.359. The molecule has 1 saturated heterocycles. The van der Waals surface area contributed by atoms with Crippen LogP contribution in [0.4, 0.5) is 11.5 Å². The highest BCUT2D eigenvalue weighted by Crippen LogP contribution is 2.38. The van der Waals surface area contributed by atoms with Crippen LogP contribution >= 0.6 is 22.9 Å². The SMILES string of the molecule is Clc1cc(Nc2ncnc3sc4cc(CCN5CCNCC5)ccc4c23)ccc1OCc1ccccn1. The molecule has 7 nitrogen and oxygen atoms in total. The molecule has 2 aromatic carbocycles. The molecule has 0 amide bonds. The van der Waals surface area contributed by atoms with E-state index in [1.807, 2.05) is 36.4 Å². The van der Waals surface area contributed by atoms with E-state index < -0.39 is 0 Å². The lowest BCUT2D eigenvalue weighted by atomic mass is 10.1. The highest BCUT2D eigenvalue weighted by molar-refractivity contribution is 7.25. The Labute approximate surface area is 224 Å². The molecule has 2 N–H and O–H groups in total. The number of aromatic nitrogens is 3. The Morgan fingerprint density at radius 2 is 1.95 bits per heavy atom. The van der Waals surface area contributed by atoms with Gasteiger partial charge in [-0.2, -0.15) is 0 Å². The van der Waals surface area contributed by atoms with Gasteiger partial charge < -0.3 is 20.3 Å². The summed E-state index contributed by atoms with van der Waals surface area (Å²) in [4.78, 5) is 16.9. The van der Waals surface area contributed by atoms with E-state index in [1.165, 1.54) is 10.3 Å². The van der Waals surface area contributed by atoms with Gasteiger partial charge in [-0.15, -0.1) is 11.3 Å². The van der Waals surface area contributed by atoms with Crippen molar-refractivity contribution >= 4 is 54.7 Å². The average molecular weight is 531 g/mol. The average Bonchev–Trinajstić information content (AvgIpc) is 3.31. The monoisotopic (exact) mass is 530 g/mol. The molecule has 1 aliphatic heterocycles. The smallest absolute Gasteiger partial charge is 0.143 e. The number of ether oxygens (including phenoxy) is 1. The fourth-order valence-corrected chi connectivity index (χ4v) is 5.93. The van der Waals surface area contributed by atoms with E-state index in [0.717, 1.165) is 71.9 Å². The van der Waals surface area contributed by atoms with Gasteiger partial charge >= 0.3 is 0 Å². The molecule has 0 bridgehead atoms. The molecule has 1 fully saturated rings. The third-order valence-corrected chi connectivity index (χ3v) is 7.91. The topological polar surface area (TPSA) is 75.2 Å². The summed E-state index contributed by atoms with van der Waals surface area (Å²) >= 11 is 8.24. The Morgan fingerprint density at radius 1 is 1.03 bits per heavy atom. The number of piperazine rings is 1. The lowest BCUT2D eigenvalue weighted by molar-refractivity contribution is 0.244. The molecular weight excluding hydrogens is 504 g/mol. The largest absolute Gasteiger partial charge is 0.486 e. The van der Waals surface area contributed by atoms with Crippen LogP contribution in [-0.2, 0) is 13.0 Å². The number of fused-ring (bicyclic) bond motifs is 3. The number of hydrogen-bond donors (Lipinski definition) is 2. The van der Waals surface area contributed by atoms with Gasteiger partial charge in [-0.1, -0.05) is 29.8 Å². The molecule has 0 radical (unpaired) electrons. The zero-order valence-electron chi connectivity index (χ0n) is 20.3. The van der Waals surface area contributed by atoms with Crippen LogP contribution in [0.1, 0.15) is 11.3 Å². The van der Waals surface area contributed by atoms with Crippen LogP contribution in [0.5, 0.6) is 5.75 Å². The number of halogens is 1. The second kappa shape index (κ2) is 11.0. The predicted molar refractivity (Wildman–Crippen MR) is 151 cm³/mol. The molecule has 4 heterocycles. The molecule has 6 rings (SSSR count). The first-order valence-corrected chi connectivity index (χ1v) is 13.6. The summed E-state index contributed by atoms with van der Waals surface area (Å²) < 4.78 is 7.09. The van der Waals surface area contributed by atoms with Crippen LogP contribution in [0.15, 0.2) is 67.1 Å². The Hall–Kier alpha value is -3.30. The van der Waals surface area contributed by atoms with Crippen molar-refractivity contribution in [2.24, 2.45) is 0 Å². The summed E-state index contributed by atoms with van der Waals surface area (Å²) in [6.07, 6.45) is 4.41. The summed E-state index contributed by atoms with van der Waals surface area (Å²) in [5, 5.41) is 9.57. The van der Waals surface area contributed by atoms with E-state index in [-0.39, 0.29) is 0 Å². The highest BCUT2D eigenvalue weighted by Gasteiger charge is 2.14. The summed E-state index contributed by atoms with van der Waals surface area (Å²) in [7, 11) is 0. The van der Waals surface area contributed by atoms with Gasteiger partial charge in [0, 0.05) is 54.7 Å². The molecular formula is C28H27ClN6OS. The van der Waals surface area contributed by atoms with Crippen LogP contribution < -0.4 is 15.4 Å². The van der Waals surface area contributed by atoms with Crippen molar-refractivity contribution in [3.05, 3.63) is 83.4 Å². The van der Waals surface area contributed by atoms with Crippen LogP contribution in [0, 0.1) is 0 Å². The van der Waals surface area contributed by atoms with Gasteiger partial charge in [0.05, 0.1) is 16.1 Å². The summed E-state index contributed by atoms with van der Waals surface area (Å²) in [5.41, 5.74) is 3.04. The Morgan fingerprint density at radius 3 is 2.78 bits per heavy atom. The number of hydrogen-bond acceptors (Lipinski definition) is 8. The van der Waals surface area contributed by atoms with Crippen LogP contribution in [0.2, 0.25) is 5.02 Å². The van der Waals surface area contributed by atoms with E-state index >= 15 is 0 Å². The van der Waals surface area contributed by atoms with Crippen molar-refractivity contribution < 1.29 is 4.74 Å². The molecule has 0 atom stereocenters. The summed E-state index contributed by atoms with van der Waals surface area (Å²) in [6.45, 7) is 5.85. The van der Waals surface area contributed by atoms with Crippen LogP contribution in [0.25, 0.3) is 20.3 Å². The number of benzene rings is 2.